The molecule has 0 saturated carbocycles. The minimum absolute atomic E-state index is 0.266. The fourth-order valence-corrected chi connectivity index (χ4v) is 4.94. The molecule has 8 nitrogen and oxygen atoms in total. The largest absolute Gasteiger partial charge is 0.478 e. The topological polar surface area (TPSA) is 120 Å². The SMILES string of the molecule is CC(=O)Nc1nc(C)c(N(c2cccc(CCc3ccccc3C(=O)O)c2)S(=O)O)s1. The first kappa shape index (κ1) is 22.6. The smallest absolute Gasteiger partial charge is 0.335 e. The van der Waals surface area contributed by atoms with Gasteiger partial charge in [-0.05, 0) is 49.1 Å². The van der Waals surface area contributed by atoms with Gasteiger partial charge in [0.15, 0.2) is 5.13 Å². The average Bonchev–Trinajstić information content (AvgIpc) is 3.05. The minimum atomic E-state index is -2.36. The highest BCUT2D eigenvalue weighted by atomic mass is 32.2. The van der Waals surface area contributed by atoms with Gasteiger partial charge in [0.25, 0.3) is 11.3 Å². The number of thiazole rings is 1. The first-order chi connectivity index (χ1) is 14.8. The summed E-state index contributed by atoms with van der Waals surface area (Å²) in [4.78, 5) is 27.0. The molecule has 3 N–H and O–H groups in total. The van der Waals surface area contributed by atoms with Gasteiger partial charge >= 0.3 is 5.97 Å². The van der Waals surface area contributed by atoms with Gasteiger partial charge in [-0.1, -0.05) is 41.7 Å². The highest BCUT2D eigenvalue weighted by molar-refractivity contribution is 7.81. The van der Waals surface area contributed by atoms with Crippen LogP contribution in [0.15, 0.2) is 48.5 Å². The number of hydrogen-bond acceptors (Lipinski definition) is 5. The van der Waals surface area contributed by atoms with E-state index < -0.39 is 17.2 Å². The third-order valence-electron chi connectivity index (χ3n) is 4.47. The van der Waals surface area contributed by atoms with Crippen molar-refractivity contribution in [3.63, 3.8) is 0 Å². The van der Waals surface area contributed by atoms with E-state index in [1.165, 1.54) is 11.2 Å². The number of rotatable bonds is 8. The summed E-state index contributed by atoms with van der Waals surface area (Å²) >= 11 is -1.25. The molecule has 0 aliphatic carbocycles. The molecule has 31 heavy (non-hydrogen) atoms. The molecule has 0 bridgehead atoms. The lowest BCUT2D eigenvalue weighted by Gasteiger charge is -2.19. The molecule has 3 rings (SSSR count). The van der Waals surface area contributed by atoms with E-state index >= 15 is 0 Å². The zero-order valence-electron chi connectivity index (χ0n) is 16.9. The zero-order chi connectivity index (χ0) is 22.5. The summed E-state index contributed by atoms with van der Waals surface area (Å²) in [5.74, 6) is -1.25. The molecule has 2 aromatic carbocycles. The zero-order valence-corrected chi connectivity index (χ0v) is 18.5. The number of carboxylic acids is 1. The fraction of sp³-hybridized carbons (Fsp3) is 0.190. The van der Waals surface area contributed by atoms with Crippen molar-refractivity contribution in [3.8, 4) is 0 Å². The molecule has 10 heteroatoms. The van der Waals surface area contributed by atoms with Gasteiger partial charge in [-0.15, -0.1) is 0 Å². The average molecular weight is 460 g/mol. The Morgan fingerprint density at radius 2 is 1.90 bits per heavy atom. The lowest BCUT2D eigenvalue weighted by molar-refractivity contribution is -0.114. The Morgan fingerprint density at radius 1 is 1.16 bits per heavy atom. The number of nitrogens with one attached hydrogen (secondary N) is 1. The number of carboxylic acid groups (broad SMARTS) is 1. The first-order valence-corrected chi connectivity index (χ1v) is 11.2. The molecule has 1 unspecified atom stereocenters. The van der Waals surface area contributed by atoms with Crippen LogP contribution in [0.3, 0.4) is 0 Å². The van der Waals surface area contributed by atoms with Gasteiger partial charge in [-0.2, -0.15) is 0 Å². The Balaban J connectivity index is 1.87. The molecular weight excluding hydrogens is 438 g/mol. The summed E-state index contributed by atoms with van der Waals surface area (Å²) in [6.45, 7) is 3.06. The van der Waals surface area contributed by atoms with Crippen molar-refractivity contribution < 1.29 is 23.5 Å². The summed E-state index contributed by atoms with van der Waals surface area (Å²) in [6.07, 6.45) is 1.07. The van der Waals surface area contributed by atoms with Crippen LogP contribution in [0.2, 0.25) is 0 Å². The second kappa shape index (κ2) is 9.82. The third kappa shape index (κ3) is 5.54. The third-order valence-corrected chi connectivity index (χ3v) is 6.35. The maximum absolute atomic E-state index is 12.2. The molecule has 162 valence electrons. The quantitative estimate of drug-likeness (QED) is 0.435. The standard InChI is InChI=1S/C21H21N3O5S2/c1-13-19(30-21(22-13)23-14(2)25)24(31(28)29)17-8-5-6-15(12-17)10-11-16-7-3-4-9-18(16)20(26)27/h3-9,12H,10-11H2,1-2H3,(H,26,27)(H,28,29)(H,22,23,25). The number of aromatic nitrogens is 1. The first-order valence-electron chi connectivity index (χ1n) is 9.32. The number of carbonyl (C=O) groups is 2. The van der Waals surface area contributed by atoms with E-state index in [9.17, 15) is 23.5 Å². The van der Waals surface area contributed by atoms with E-state index in [1.54, 1.807) is 49.4 Å². The molecule has 0 spiro atoms. The number of aryl methyl sites for hydroxylation is 3. The number of carbonyl (C=O) groups excluding carboxylic acids is 1. The van der Waals surface area contributed by atoms with Crippen molar-refractivity contribution in [2.24, 2.45) is 0 Å². The molecule has 1 atom stereocenters. The van der Waals surface area contributed by atoms with Crippen LogP contribution >= 0.6 is 11.3 Å². The molecule has 1 amide bonds. The van der Waals surface area contributed by atoms with Gasteiger partial charge < -0.3 is 10.4 Å². The van der Waals surface area contributed by atoms with Crippen molar-refractivity contribution in [2.45, 2.75) is 26.7 Å². The van der Waals surface area contributed by atoms with Crippen molar-refractivity contribution in [1.29, 1.82) is 0 Å². The molecule has 0 saturated heterocycles. The van der Waals surface area contributed by atoms with Crippen molar-refractivity contribution in [1.82, 2.24) is 4.98 Å². The predicted molar refractivity (Wildman–Crippen MR) is 121 cm³/mol. The molecule has 0 aliphatic heterocycles. The lowest BCUT2D eigenvalue weighted by atomic mass is 9.99. The highest BCUT2D eigenvalue weighted by Crippen LogP contribution is 2.37. The molecule has 0 aliphatic rings. The number of nitrogens with zero attached hydrogens (tertiary/aromatic N) is 2. The van der Waals surface area contributed by atoms with Gasteiger partial charge in [0.1, 0.15) is 5.00 Å². The number of aromatic carboxylic acids is 1. The molecule has 1 heterocycles. The molecular formula is C21H21N3O5S2. The highest BCUT2D eigenvalue weighted by Gasteiger charge is 2.22. The summed E-state index contributed by atoms with van der Waals surface area (Å²) in [5.41, 5.74) is 2.88. The van der Waals surface area contributed by atoms with Crippen LogP contribution < -0.4 is 9.62 Å². The van der Waals surface area contributed by atoms with E-state index in [1.807, 2.05) is 6.07 Å². The predicted octanol–water partition coefficient (Wildman–Crippen LogP) is 4.17. The summed E-state index contributed by atoms with van der Waals surface area (Å²) in [7, 11) is 0. The second-order valence-corrected chi connectivity index (χ2v) is 8.55. The maximum Gasteiger partial charge on any atom is 0.335 e. The second-order valence-electron chi connectivity index (χ2n) is 6.75. The Morgan fingerprint density at radius 3 is 2.58 bits per heavy atom. The van der Waals surface area contributed by atoms with Crippen LogP contribution in [0.25, 0.3) is 0 Å². The fourth-order valence-electron chi connectivity index (χ4n) is 3.12. The van der Waals surface area contributed by atoms with Crippen LogP contribution in [0.1, 0.15) is 34.1 Å². The van der Waals surface area contributed by atoms with Crippen molar-refractivity contribution >= 4 is 50.3 Å². The van der Waals surface area contributed by atoms with E-state index in [0.717, 1.165) is 22.5 Å². The molecule has 1 aromatic heterocycles. The van der Waals surface area contributed by atoms with E-state index in [0.29, 0.717) is 34.4 Å². The van der Waals surface area contributed by atoms with E-state index in [4.69, 9.17) is 0 Å². The van der Waals surface area contributed by atoms with Crippen LogP contribution in [0.5, 0.6) is 0 Å². The van der Waals surface area contributed by atoms with Crippen LogP contribution in [0.4, 0.5) is 15.8 Å². The van der Waals surface area contributed by atoms with Crippen LogP contribution in [-0.4, -0.2) is 30.7 Å². The monoisotopic (exact) mass is 459 g/mol. The number of benzene rings is 2. The number of amides is 1. The summed E-state index contributed by atoms with van der Waals surface area (Å²) < 4.78 is 23.4. The Hall–Kier alpha value is -3.08. The minimum Gasteiger partial charge on any atom is -0.478 e. The molecule has 3 aromatic rings. The van der Waals surface area contributed by atoms with Crippen LogP contribution in [0, 0.1) is 6.92 Å². The Labute approximate surface area is 186 Å². The van der Waals surface area contributed by atoms with Gasteiger partial charge in [0, 0.05) is 6.92 Å². The number of anilines is 3. The Bertz CT molecular complexity index is 1150. The van der Waals surface area contributed by atoms with E-state index in [-0.39, 0.29) is 11.5 Å². The summed E-state index contributed by atoms with van der Waals surface area (Å²) in [5, 5.41) is 12.7. The van der Waals surface area contributed by atoms with Crippen molar-refractivity contribution in [3.05, 3.63) is 70.9 Å². The number of hydrogen-bond donors (Lipinski definition) is 3. The molecule has 0 radical (unpaired) electrons. The van der Waals surface area contributed by atoms with Gasteiger partial charge in [-0.25, -0.2) is 18.3 Å². The van der Waals surface area contributed by atoms with E-state index in [2.05, 4.69) is 10.3 Å². The maximum atomic E-state index is 12.2. The van der Waals surface area contributed by atoms with Crippen molar-refractivity contribution in [2.75, 3.05) is 9.62 Å². The molecule has 0 fully saturated rings. The van der Waals surface area contributed by atoms with Gasteiger partial charge in [0.05, 0.1) is 16.9 Å². The van der Waals surface area contributed by atoms with Gasteiger partial charge in [0.2, 0.25) is 5.91 Å². The summed E-state index contributed by atoms with van der Waals surface area (Å²) in [6, 6.07) is 14.0. The van der Waals surface area contributed by atoms with Gasteiger partial charge in [-0.3, -0.25) is 9.35 Å². The Kier molecular flexibility index (Phi) is 7.16. The lowest BCUT2D eigenvalue weighted by Crippen LogP contribution is -2.19. The van der Waals surface area contributed by atoms with Crippen LogP contribution in [-0.2, 0) is 28.9 Å². The normalized spacial score (nSPS) is 11.7.